The molecule has 4 heteroatoms. The van der Waals surface area contributed by atoms with Crippen molar-refractivity contribution in [2.24, 2.45) is 0 Å². The quantitative estimate of drug-likeness (QED) is 0.758. The summed E-state index contributed by atoms with van der Waals surface area (Å²) in [7, 11) is 1.67. The number of carbonyl (C=O) groups is 1. The van der Waals surface area contributed by atoms with E-state index in [0.29, 0.717) is 13.2 Å². The van der Waals surface area contributed by atoms with Crippen molar-refractivity contribution in [3.63, 3.8) is 0 Å². The molecule has 0 aromatic heterocycles. The third kappa shape index (κ3) is 6.25. The van der Waals surface area contributed by atoms with E-state index in [0.717, 1.165) is 24.1 Å². The van der Waals surface area contributed by atoms with Crippen molar-refractivity contribution in [3.05, 3.63) is 29.8 Å². The van der Waals surface area contributed by atoms with Crippen LogP contribution in [0.1, 0.15) is 32.3 Å². The Bertz CT molecular complexity index is 393. The Kier molecular flexibility index (Phi) is 6.97. The van der Waals surface area contributed by atoms with Gasteiger partial charge in [0.25, 0.3) is 0 Å². The molecule has 0 spiro atoms. The van der Waals surface area contributed by atoms with Crippen LogP contribution < -0.4 is 10.6 Å². The second kappa shape index (κ2) is 8.53. The van der Waals surface area contributed by atoms with E-state index in [1.807, 2.05) is 31.2 Å². The Hall–Kier alpha value is -1.55. The summed E-state index contributed by atoms with van der Waals surface area (Å²) in [6.07, 6.45) is 2.09. The van der Waals surface area contributed by atoms with Gasteiger partial charge in [-0.3, -0.25) is 4.79 Å². The van der Waals surface area contributed by atoms with E-state index >= 15 is 0 Å². The molecule has 1 unspecified atom stereocenters. The van der Waals surface area contributed by atoms with Crippen LogP contribution >= 0.6 is 0 Å². The van der Waals surface area contributed by atoms with Crippen LogP contribution in [0.15, 0.2) is 24.3 Å². The first-order valence-electron chi connectivity index (χ1n) is 6.76. The van der Waals surface area contributed by atoms with Gasteiger partial charge in [-0.05, 0) is 31.0 Å². The average Bonchev–Trinajstić information content (AvgIpc) is 2.37. The van der Waals surface area contributed by atoms with Gasteiger partial charge in [-0.2, -0.15) is 0 Å². The third-order valence-corrected chi connectivity index (χ3v) is 2.82. The van der Waals surface area contributed by atoms with Gasteiger partial charge in [-0.25, -0.2) is 0 Å². The predicted molar refractivity (Wildman–Crippen MR) is 78.2 cm³/mol. The molecule has 1 rings (SSSR count). The van der Waals surface area contributed by atoms with Crippen molar-refractivity contribution >= 4 is 11.6 Å². The van der Waals surface area contributed by atoms with Crippen LogP contribution in [0.2, 0.25) is 0 Å². The highest BCUT2D eigenvalue weighted by Gasteiger charge is 2.06. The number of rotatable bonds is 8. The normalized spacial score (nSPS) is 11.9. The molecular weight excluding hydrogens is 240 g/mol. The van der Waals surface area contributed by atoms with E-state index in [9.17, 15) is 4.79 Å². The molecule has 0 aliphatic carbocycles. The predicted octanol–water partition coefficient (Wildman–Crippen LogP) is 2.55. The number of amides is 1. The average molecular weight is 264 g/mol. The largest absolute Gasteiger partial charge is 0.380 e. The highest BCUT2D eigenvalue weighted by molar-refractivity contribution is 5.80. The van der Waals surface area contributed by atoms with Gasteiger partial charge in [0.2, 0.25) is 5.91 Å². The highest BCUT2D eigenvalue weighted by atomic mass is 16.5. The van der Waals surface area contributed by atoms with Crippen LogP contribution in [0.25, 0.3) is 0 Å². The van der Waals surface area contributed by atoms with Gasteiger partial charge in [-0.15, -0.1) is 0 Å². The summed E-state index contributed by atoms with van der Waals surface area (Å²) < 4.78 is 5.08. The molecule has 0 saturated carbocycles. The summed E-state index contributed by atoms with van der Waals surface area (Å²) in [4.78, 5) is 11.7. The number of carbonyl (C=O) groups excluding carboxylic acids is 1. The molecule has 1 amide bonds. The summed E-state index contributed by atoms with van der Waals surface area (Å²) in [6.45, 7) is 5.02. The van der Waals surface area contributed by atoms with Gasteiger partial charge in [0.15, 0.2) is 0 Å². The first kappa shape index (κ1) is 15.5. The second-order valence-electron chi connectivity index (χ2n) is 4.74. The molecule has 1 aromatic carbocycles. The van der Waals surface area contributed by atoms with Gasteiger partial charge in [0.1, 0.15) is 0 Å². The fraction of sp³-hybridized carbons (Fsp3) is 0.533. The molecule has 0 fully saturated rings. The lowest BCUT2D eigenvalue weighted by Gasteiger charge is -2.13. The Morgan fingerprint density at radius 3 is 2.89 bits per heavy atom. The topological polar surface area (TPSA) is 50.4 Å². The summed E-state index contributed by atoms with van der Waals surface area (Å²) >= 11 is 0. The van der Waals surface area contributed by atoms with Crippen LogP contribution in [-0.4, -0.2) is 25.6 Å². The summed E-state index contributed by atoms with van der Waals surface area (Å²) in [5.74, 6) is 0.0260. The number of methoxy groups -OCH3 is 1. The molecule has 0 aliphatic heterocycles. The maximum atomic E-state index is 11.7. The van der Waals surface area contributed by atoms with Gasteiger partial charge in [-0.1, -0.05) is 25.5 Å². The zero-order chi connectivity index (χ0) is 14.1. The molecule has 2 N–H and O–H groups in total. The van der Waals surface area contributed by atoms with E-state index < -0.39 is 0 Å². The smallest absolute Gasteiger partial charge is 0.239 e. The van der Waals surface area contributed by atoms with Crippen LogP contribution in [-0.2, 0) is 16.1 Å². The van der Waals surface area contributed by atoms with Gasteiger partial charge in [0, 0.05) is 18.8 Å². The standard InChI is InChI=1S/C15H24N2O2/c1-4-6-12(2)17-15(18)10-16-14-8-5-7-13(9-14)11-19-3/h5,7-9,12,16H,4,6,10-11H2,1-3H3,(H,17,18). The van der Waals surface area contributed by atoms with Crippen LogP contribution in [0.4, 0.5) is 5.69 Å². The Balaban J connectivity index is 2.39. The zero-order valence-corrected chi connectivity index (χ0v) is 12.0. The zero-order valence-electron chi connectivity index (χ0n) is 12.0. The molecule has 0 bridgehead atoms. The van der Waals surface area contributed by atoms with E-state index in [-0.39, 0.29) is 11.9 Å². The summed E-state index contributed by atoms with van der Waals surface area (Å²) in [5, 5.41) is 6.09. The lowest BCUT2D eigenvalue weighted by atomic mass is 10.2. The molecule has 1 aromatic rings. The van der Waals surface area contributed by atoms with E-state index in [1.165, 1.54) is 0 Å². The van der Waals surface area contributed by atoms with E-state index in [2.05, 4.69) is 17.6 Å². The van der Waals surface area contributed by atoms with E-state index in [1.54, 1.807) is 7.11 Å². The number of hydrogen-bond acceptors (Lipinski definition) is 3. The van der Waals surface area contributed by atoms with Crippen molar-refractivity contribution < 1.29 is 9.53 Å². The second-order valence-corrected chi connectivity index (χ2v) is 4.74. The number of hydrogen-bond donors (Lipinski definition) is 2. The number of nitrogens with one attached hydrogen (secondary N) is 2. The summed E-state index contributed by atoms with van der Waals surface area (Å²) in [5.41, 5.74) is 2.03. The number of benzene rings is 1. The molecule has 1 atom stereocenters. The van der Waals surface area contributed by atoms with Crippen LogP contribution in [0.3, 0.4) is 0 Å². The number of anilines is 1. The fourth-order valence-corrected chi connectivity index (χ4v) is 1.95. The molecule has 106 valence electrons. The maximum absolute atomic E-state index is 11.7. The lowest BCUT2D eigenvalue weighted by Crippen LogP contribution is -2.36. The van der Waals surface area contributed by atoms with Crippen molar-refractivity contribution in [2.75, 3.05) is 19.0 Å². The molecule has 4 nitrogen and oxygen atoms in total. The number of ether oxygens (including phenoxy) is 1. The summed E-state index contributed by atoms with van der Waals surface area (Å²) in [6, 6.07) is 8.12. The molecule has 0 aliphatic rings. The molecular formula is C15H24N2O2. The monoisotopic (exact) mass is 264 g/mol. The minimum Gasteiger partial charge on any atom is -0.380 e. The third-order valence-electron chi connectivity index (χ3n) is 2.82. The molecule has 19 heavy (non-hydrogen) atoms. The van der Waals surface area contributed by atoms with Gasteiger partial charge >= 0.3 is 0 Å². The molecule has 0 saturated heterocycles. The molecule has 0 heterocycles. The minimum atomic E-state index is 0.0260. The Morgan fingerprint density at radius 2 is 2.21 bits per heavy atom. The molecule has 0 radical (unpaired) electrons. The highest BCUT2D eigenvalue weighted by Crippen LogP contribution is 2.10. The van der Waals surface area contributed by atoms with Crippen LogP contribution in [0, 0.1) is 0 Å². The lowest BCUT2D eigenvalue weighted by molar-refractivity contribution is -0.120. The van der Waals surface area contributed by atoms with Crippen molar-refractivity contribution in [3.8, 4) is 0 Å². The fourth-order valence-electron chi connectivity index (χ4n) is 1.95. The SMILES string of the molecule is CCCC(C)NC(=O)CNc1cccc(COC)c1. The minimum absolute atomic E-state index is 0.0260. The van der Waals surface area contributed by atoms with Gasteiger partial charge in [0.05, 0.1) is 13.2 Å². The Labute approximate surface area is 115 Å². The maximum Gasteiger partial charge on any atom is 0.239 e. The van der Waals surface area contributed by atoms with Crippen molar-refractivity contribution in [1.82, 2.24) is 5.32 Å². The first-order valence-corrected chi connectivity index (χ1v) is 6.76. The van der Waals surface area contributed by atoms with Crippen molar-refractivity contribution in [2.45, 2.75) is 39.3 Å². The van der Waals surface area contributed by atoms with Gasteiger partial charge < -0.3 is 15.4 Å². The van der Waals surface area contributed by atoms with Crippen LogP contribution in [0.5, 0.6) is 0 Å². The van der Waals surface area contributed by atoms with E-state index in [4.69, 9.17) is 4.74 Å². The van der Waals surface area contributed by atoms with Crippen molar-refractivity contribution in [1.29, 1.82) is 0 Å². The Morgan fingerprint density at radius 1 is 1.42 bits per heavy atom. The first-order chi connectivity index (χ1) is 9.15.